The molecule has 2 aromatic heterocycles. The molecular formula is C20H20ClN3O2. The molecule has 6 heteroatoms. The smallest absolute Gasteiger partial charge is 0.138 e. The summed E-state index contributed by atoms with van der Waals surface area (Å²) in [5.74, 6) is 1.64. The Balaban J connectivity index is 1.54. The molecule has 1 fully saturated rings. The molecule has 0 radical (unpaired) electrons. The number of benzene rings is 1. The summed E-state index contributed by atoms with van der Waals surface area (Å²) in [5.41, 5.74) is 1.01. The first-order valence-corrected chi connectivity index (χ1v) is 9.03. The fraction of sp³-hybridized carbons (Fsp3) is 0.300. The van der Waals surface area contributed by atoms with Gasteiger partial charge in [-0.1, -0.05) is 18.5 Å². The number of anilines is 2. The first-order valence-electron chi connectivity index (χ1n) is 8.65. The van der Waals surface area contributed by atoms with Crippen LogP contribution in [-0.4, -0.2) is 29.8 Å². The highest BCUT2D eigenvalue weighted by atomic mass is 35.5. The molecule has 134 valence electrons. The molecule has 1 aliphatic heterocycles. The van der Waals surface area contributed by atoms with Crippen LogP contribution in [0.4, 0.5) is 11.5 Å². The second-order valence-corrected chi connectivity index (χ2v) is 7.06. The van der Waals surface area contributed by atoms with Crippen LogP contribution in [0.3, 0.4) is 0 Å². The molecule has 1 saturated heterocycles. The van der Waals surface area contributed by atoms with Crippen LogP contribution in [0.5, 0.6) is 5.75 Å². The predicted octanol–water partition coefficient (Wildman–Crippen LogP) is 4.83. The Hall–Kier alpha value is -2.37. The molecule has 1 N–H and O–H groups in total. The number of hydrogen-bond acceptors (Lipinski definition) is 5. The normalized spacial score (nSPS) is 15.5. The van der Waals surface area contributed by atoms with Crippen LogP contribution < -0.4 is 10.1 Å². The van der Waals surface area contributed by atoms with Crippen LogP contribution in [-0.2, 0) is 4.74 Å². The number of pyridine rings is 2. The van der Waals surface area contributed by atoms with Crippen LogP contribution in [0.25, 0.3) is 10.8 Å². The van der Waals surface area contributed by atoms with E-state index in [-0.39, 0.29) is 5.41 Å². The maximum Gasteiger partial charge on any atom is 0.138 e. The standard InChI is InChI=1S/C20H20ClN3O2/c1-2-20(11-25-12-20)13-26-16-4-5-17-14(9-16)7-8-22-19(17)24-15-3-6-18(21)23-10-15/h3-10H,2,11-13H2,1H3,(H,22,24). The van der Waals surface area contributed by atoms with Gasteiger partial charge in [0.05, 0.1) is 37.1 Å². The van der Waals surface area contributed by atoms with Crippen molar-refractivity contribution in [3.05, 3.63) is 53.9 Å². The zero-order valence-electron chi connectivity index (χ0n) is 14.5. The van der Waals surface area contributed by atoms with Gasteiger partial charge in [0.2, 0.25) is 0 Å². The van der Waals surface area contributed by atoms with Gasteiger partial charge in [-0.05, 0) is 48.2 Å². The van der Waals surface area contributed by atoms with Crippen molar-refractivity contribution < 1.29 is 9.47 Å². The Kier molecular flexibility index (Phi) is 4.66. The van der Waals surface area contributed by atoms with E-state index in [1.807, 2.05) is 30.3 Å². The van der Waals surface area contributed by atoms with Crippen molar-refractivity contribution in [2.75, 3.05) is 25.1 Å². The molecule has 5 nitrogen and oxygen atoms in total. The molecule has 1 aliphatic rings. The van der Waals surface area contributed by atoms with Gasteiger partial charge < -0.3 is 14.8 Å². The van der Waals surface area contributed by atoms with Crippen molar-refractivity contribution in [1.29, 1.82) is 0 Å². The van der Waals surface area contributed by atoms with E-state index in [1.165, 1.54) is 0 Å². The Morgan fingerprint density at radius 2 is 2.08 bits per heavy atom. The quantitative estimate of drug-likeness (QED) is 0.630. The second-order valence-electron chi connectivity index (χ2n) is 6.67. The van der Waals surface area contributed by atoms with Crippen molar-refractivity contribution in [2.45, 2.75) is 13.3 Å². The Bertz CT molecular complexity index is 905. The number of rotatable bonds is 6. The van der Waals surface area contributed by atoms with E-state index in [4.69, 9.17) is 21.1 Å². The van der Waals surface area contributed by atoms with Crippen molar-refractivity contribution in [3.63, 3.8) is 0 Å². The summed E-state index contributed by atoms with van der Waals surface area (Å²) in [6.07, 6.45) is 4.53. The highest BCUT2D eigenvalue weighted by Crippen LogP contribution is 2.33. The lowest BCUT2D eigenvalue weighted by molar-refractivity contribution is -0.133. The van der Waals surface area contributed by atoms with Crippen LogP contribution in [0, 0.1) is 5.41 Å². The van der Waals surface area contributed by atoms with E-state index in [0.717, 1.165) is 47.7 Å². The summed E-state index contributed by atoms with van der Waals surface area (Å²) < 4.78 is 11.4. The zero-order valence-corrected chi connectivity index (χ0v) is 15.3. The molecule has 0 spiro atoms. The molecular weight excluding hydrogens is 350 g/mol. The topological polar surface area (TPSA) is 56.3 Å². The van der Waals surface area contributed by atoms with Crippen LogP contribution in [0.15, 0.2) is 48.8 Å². The van der Waals surface area contributed by atoms with Gasteiger partial charge in [0.25, 0.3) is 0 Å². The molecule has 3 heterocycles. The number of hydrogen-bond donors (Lipinski definition) is 1. The fourth-order valence-electron chi connectivity index (χ4n) is 2.95. The third kappa shape index (κ3) is 3.45. The summed E-state index contributed by atoms with van der Waals surface area (Å²) in [5, 5.41) is 5.84. The van der Waals surface area contributed by atoms with E-state index in [9.17, 15) is 0 Å². The number of nitrogens with zero attached hydrogens (tertiary/aromatic N) is 2. The lowest BCUT2D eigenvalue weighted by Gasteiger charge is -2.40. The minimum Gasteiger partial charge on any atom is -0.493 e. The van der Waals surface area contributed by atoms with Crippen LogP contribution >= 0.6 is 11.6 Å². The molecule has 1 aromatic carbocycles. The average molecular weight is 370 g/mol. The molecule has 0 aliphatic carbocycles. The monoisotopic (exact) mass is 369 g/mol. The molecule has 0 atom stereocenters. The second kappa shape index (κ2) is 7.09. The van der Waals surface area contributed by atoms with Gasteiger partial charge in [-0.15, -0.1) is 0 Å². The molecule has 3 aromatic rings. The number of aromatic nitrogens is 2. The molecule has 0 unspecified atom stereocenters. The largest absolute Gasteiger partial charge is 0.493 e. The van der Waals surface area contributed by atoms with E-state index < -0.39 is 0 Å². The lowest BCUT2D eigenvalue weighted by Crippen LogP contribution is -2.46. The van der Waals surface area contributed by atoms with Gasteiger partial charge >= 0.3 is 0 Å². The Morgan fingerprint density at radius 1 is 1.19 bits per heavy atom. The van der Waals surface area contributed by atoms with Crippen molar-refractivity contribution in [2.24, 2.45) is 5.41 Å². The van der Waals surface area contributed by atoms with Gasteiger partial charge in [-0.25, -0.2) is 9.97 Å². The van der Waals surface area contributed by atoms with Gasteiger partial charge in [0.1, 0.15) is 16.7 Å². The first-order chi connectivity index (χ1) is 12.7. The highest BCUT2D eigenvalue weighted by molar-refractivity contribution is 6.29. The summed E-state index contributed by atoms with van der Waals surface area (Å²) in [6.45, 7) is 4.43. The Labute approximate surface area is 157 Å². The predicted molar refractivity (Wildman–Crippen MR) is 103 cm³/mol. The van der Waals surface area contributed by atoms with Gasteiger partial charge in [-0.2, -0.15) is 0 Å². The average Bonchev–Trinajstić information content (AvgIpc) is 2.63. The maximum atomic E-state index is 6.04. The van der Waals surface area contributed by atoms with Gasteiger partial charge in [0, 0.05) is 11.6 Å². The van der Waals surface area contributed by atoms with Crippen molar-refractivity contribution in [1.82, 2.24) is 9.97 Å². The lowest BCUT2D eigenvalue weighted by atomic mass is 9.84. The van der Waals surface area contributed by atoms with Crippen molar-refractivity contribution in [3.8, 4) is 5.75 Å². The third-order valence-corrected chi connectivity index (χ3v) is 5.06. The summed E-state index contributed by atoms with van der Waals surface area (Å²) in [6, 6.07) is 11.7. The minimum atomic E-state index is 0.168. The molecule has 4 rings (SSSR count). The van der Waals surface area contributed by atoms with Gasteiger partial charge in [0.15, 0.2) is 0 Å². The summed E-state index contributed by atoms with van der Waals surface area (Å²) >= 11 is 5.84. The van der Waals surface area contributed by atoms with Crippen LogP contribution in [0.2, 0.25) is 5.15 Å². The molecule has 26 heavy (non-hydrogen) atoms. The fourth-order valence-corrected chi connectivity index (χ4v) is 3.06. The zero-order chi connectivity index (χ0) is 18.0. The minimum absolute atomic E-state index is 0.168. The van der Waals surface area contributed by atoms with Crippen molar-refractivity contribution >= 4 is 33.9 Å². The van der Waals surface area contributed by atoms with Crippen LogP contribution in [0.1, 0.15) is 13.3 Å². The number of fused-ring (bicyclic) bond motifs is 1. The summed E-state index contributed by atoms with van der Waals surface area (Å²) in [4.78, 5) is 8.53. The highest BCUT2D eigenvalue weighted by Gasteiger charge is 2.37. The SMILES string of the molecule is CCC1(COc2ccc3c(Nc4ccc(Cl)nc4)nccc3c2)COC1. The van der Waals surface area contributed by atoms with E-state index in [1.54, 1.807) is 18.5 Å². The molecule has 0 amide bonds. The third-order valence-electron chi connectivity index (χ3n) is 4.84. The number of halogens is 1. The maximum absolute atomic E-state index is 6.04. The van der Waals surface area contributed by atoms with Gasteiger partial charge in [-0.3, -0.25) is 0 Å². The summed E-state index contributed by atoms with van der Waals surface area (Å²) in [7, 11) is 0. The molecule has 0 bridgehead atoms. The first kappa shape index (κ1) is 17.1. The number of ether oxygens (including phenoxy) is 2. The number of nitrogens with one attached hydrogen (secondary N) is 1. The van der Waals surface area contributed by atoms with E-state index >= 15 is 0 Å². The Morgan fingerprint density at radius 3 is 2.77 bits per heavy atom. The van der Waals surface area contributed by atoms with E-state index in [2.05, 4.69) is 22.2 Å². The molecule has 0 saturated carbocycles. The van der Waals surface area contributed by atoms with E-state index in [0.29, 0.717) is 11.8 Å².